The van der Waals surface area contributed by atoms with E-state index in [-0.39, 0.29) is 16.0 Å². The monoisotopic (exact) mass is 313 g/mol. The van der Waals surface area contributed by atoms with Crippen LogP contribution in [0.4, 0.5) is 10.6 Å². The summed E-state index contributed by atoms with van der Waals surface area (Å²) in [5, 5.41) is 2.68. The minimum atomic E-state index is -0.0957. The third-order valence-corrected chi connectivity index (χ3v) is 4.07. The van der Waals surface area contributed by atoms with E-state index >= 15 is 0 Å². The molecule has 1 aromatic heterocycles. The smallest absolute Gasteiger partial charge is 0.314 e. The third kappa shape index (κ3) is 1.19. The zero-order chi connectivity index (χ0) is 10.4. The number of fused-ring (bicyclic) bond motifs is 3. The molecule has 76 valence electrons. The molecular formula is C10H8IN3O. The van der Waals surface area contributed by atoms with Gasteiger partial charge in [0.25, 0.3) is 0 Å². The Morgan fingerprint density at radius 3 is 3.27 bits per heavy atom. The Labute approximate surface area is 101 Å². The van der Waals surface area contributed by atoms with E-state index in [4.69, 9.17) is 0 Å². The van der Waals surface area contributed by atoms with Crippen molar-refractivity contribution < 1.29 is 4.79 Å². The number of urea groups is 1. The maximum Gasteiger partial charge on any atom is 0.327 e. The molecule has 4 nitrogen and oxygen atoms in total. The number of alkyl halides is 1. The van der Waals surface area contributed by atoms with E-state index in [0.717, 1.165) is 11.4 Å². The van der Waals surface area contributed by atoms with Crippen molar-refractivity contribution in [3.05, 3.63) is 36.2 Å². The highest BCUT2D eigenvalue weighted by Crippen LogP contribution is 2.44. The van der Waals surface area contributed by atoms with Gasteiger partial charge in [-0.2, -0.15) is 0 Å². The van der Waals surface area contributed by atoms with Gasteiger partial charge in [-0.25, -0.2) is 9.78 Å². The van der Waals surface area contributed by atoms with Gasteiger partial charge in [0.05, 0.1) is 9.97 Å². The lowest BCUT2D eigenvalue weighted by atomic mass is 10.1. The highest BCUT2D eigenvalue weighted by atomic mass is 127. The van der Waals surface area contributed by atoms with E-state index in [0.29, 0.717) is 0 Å². The molecule has 0 spiro atoms. The number of nitrogens with one attached hydrogen (secondary N) is 1. The Hall–Kier alpha value is -1.11. The van der Waals surface area contributed by atoms with Gasteiger partial charge in [-0.3, -0.25) is 4.90 Å². The molecule has 1 aromatic rings. The molecule has 2 amide bonds. The SMILES string of the molecule is O=C1NC=CC2C(I)c3cccnc3N12. The van der Waals surface area contributed by atoms with Crippen molar-refractivity contribution in [1.82, 2.24) is 10.3 Å². The van der Waals surface area contributed by atoms with E-state index in [1.165, 1.54) is 0 Å². The minimum absolute atomic E-state index is 0.0957. The molecule has 0 aromatic carbocycles. The van der Waals surface area contributed by atoms with Crippen LogP contribution in [0.1, 0.15) is 9.49 Å². The normalized spacial score (nSPS) is 27.3. The number of hydrogen-bond acceptors (Lipinski definition) is 2. The van der Waals surface area contributed by atoms with Crippen LogP contribution in [0.25, 0.3) is 0 Å². The molecular weight excluding hydrogens is 305 g/mol. The van der Waals surface area contributed by atoms with E-state index in [9.17, 15) is 4.79 Å². The van der Waals surface area contributed by atoms with Gasteiger partial charge in [-0.1, -0.05) is 28.7 Å². The molecule has 3 heterocycles. The number of anilines is 1. The summed E-state index contributed by atoms with van der Waals surface area (Å²) in [6.45, 7) is 0. The number of pyridine rings is 1. The standard InChI is InChI=1S/C10H8IN3O/c11-8-6-2-1-4-12-9(6)14-7(8)3-5-13-10(14)15/h1-5,7-8H,(H,13,15). The van der Waals surface area contributed by atoms with Crippen LogP contribution < -0.4 is 10.2 Å². The third-order valence-electron chi connectivity index (χ3n) is 2.66. The predicted octanol–water partition coefficient (Wildman–Crippen LogP) is 1.98. The summed E-state index contributed by atoms with van der Waals surface area (Å²) < 4.78 is 0.286. The fourth-order valence-corrected chi connectivity index (χ4v) is 3.03. The average Bonchev–Trinajstić information content (AvgIpc) is 2.55. The highest BCUT2D eigenvalue weighted by Gasteiger charge is 2.41. The molecule has 2 atom stereocenters. The summed E-state index contributed by atoms with van der Waals surface area (Å²) in [6, 6.07) is 3.94. The molecule has 0 aliphatic carbocycles. The maximum absolute atomic E-state index is 11.7. The number of amides is 2. The first-order valence-electron chi connectivity index (χ1n) is 4.64. The highest BCUT2D eigenvalue weighted by molar-refractivity contribution is 14.1. The second kappa shape index (κ2) is 3.19. The first kappa shape index (κ1) is 9.14. The van der Waals surface area contributed by atoms with Gasteiger partial charge in [0.1, 0.15) is 5.82 Å². The van der Waals surface area contributed by atoms with Crippen LogP contribution in [0, 0.1) is 0 Å². The average molecular weight is 313 g/mol. The Bertz CT molecular complexity index is 460. The van der Waals surface area contributed by atoms with Gasteiger partial charge in [-0.05, 0) is 12.1 Å². The van der Waals surface area contributed by atoms with Crippen molar-refractivity contribution >= 4 is 34.4 Å². The summed E-state index contributed by atoms with van der Waals surface area (Å²) in [5.74, 6) is 0.781. The number of aromatic nitrogens is 1. The lowest BCUT2D eigenvalue weighted by molar-refractivity contribution is 0.247. The van der Waals surface area contributed by atoms with Crippen LogP contribution in [-0.2, 0) is 0 Å². The van der Waals surface area contributed by atoms with E-state index < -0.39 is 0 Å². The lowest BCUT2D eigenvalue weighted by Crippen LogP contribution is -2.45. The number of nitrogens with zero attached hydrogens (tertiary/aromatic N) is 2. The minimum Gasteiger partial charge on any atom is -0.314 e. The second-order valence-corrected chi connectivity index (χ2v) is 4.83. The van der Waals surface area contributed by atoms with Crippen molar-refractivity contribution in [1.29, 1.82) is 0 Å². The van der Waals surface area contributed by atoms with Crippen LogP contribution in [-0.4, -0.2) is 17.1 Å². The van der Waals surface area contributed by atoms with E-state index in [1.807, 2.05) is 18.2 Å². The number of carbonyl (C=O) groups is 1. The van der Waals surface area contributed by atoms with Gasteiger partial charge in [0.2, 0.25) is 0 Å². The molecule has 0 bridgehead atoms. The molecule has 2 aliphatic heterocycles. The molecule has 3 rings (SSSR count). The van der Waals surface area contributed by atoms with Gasteiger partial charge < -0.3 is 5.32 Å². The number of rotatable bonds is 0. The van der Waals surface area contributed by atoms with Gasteiger partial charge in [0.15, 0.2) is 0 Å². The Morgan fingerprint density at radius 2 is 2.40 bits per heavy atom. The Kier molecular flexibility index (Phi) is 1.95. The zero-order valence-corrected chi connectivity index (χ0v) is 9.88. The molecule has 0 saturated heterocycles. The molecule has 5 heteroatoms. The van der Waals surface area contributed by atoms with Crippen molar-refractivity contribution in [2.24, 2.45) is 0 Å². The van der Waals surface area contributed by atoms with Crippen LogP contribution in [0.3, 0.4) is 0 Å². The van der Waals surface area contributed by atoms with Gasteiger partial charge >= 0.3 is 6.03 Å². The van der Waals surface area contributed by atoms with Crippen molar-refractivity contribution in [3.8, 4) is 0 Å². The second-order valence-electron chi connectivity index (χ2n) is 3.49. The molecule has 15 heavy (non-hydrogen) atoms. The van der Waals surface area contributed by atoms with Crippen LogP contribution in [0.2, 0.25) is 0 Å². The van der Waals surface area contributed by atoms with Gasteiger partial charge in [0, 0.05) is 18.0 Å². The predicted molar refractivity (Wildman–Crippen MR) is 64.9 cm³/mol. The van der Waals surface area contributed by atoms with Crippen LogP contribution in [0.15, 0.2) is 30.6 Å². The summed E-state index contributed by atoms with van der Waals surface area (Å²) >= 11 is 2.36. The first-order chi connectivity index (χ1) is 7.29. The molecule has 2 unspecified atom stereocenters. The van der Waals surface area contributed by atoms with E-state index in [2.05, 4.69) is 32.9 Å². The number of hydrogen-bond donors (Lipinski definition) is 1. The lowest BCUT2D eigenvalue weighted by Gasteiger charge is -2.26. The Morgan fingerprint density at radius 1 is 1.53 bits per heavy atom. The maximum atomic E-state index is 11.7. The fraction of sp³-hybridized carbons (Fsp3) is 0.200. The molecule has 2 aliphatic rings. The van der Waals surface area contributed by atoms with Crippen molar-refractivity contribution in [2.45, 2.75) is 9.97 Å². The molecule has 0 radical (unpaired) electrons. The summed E-state index contributed by atoms with van der Waals surface area (Å²) in [4.78, 5) is 17.7. The summed E-state index contributed by atoms with van der Waals surface area (Å²) in [5.41, 5.74) is 1.13. The molecule has 1 N–H and O–H groups in total. The van der Waals surface area contributed by atoms with Crippen molar-refractivity contribution in [2.75, 3.05) is 4.90 Å². The summed E-state index contributed by atoms with van der Waals surface area (Å²) in [6.07, 6.45) is 5.43. The topological polar surface area (TPSA) is 45.2 Å². The quantitative estimate of drug-likeness (QED) is 0.588. The van der Waals surface area contributed by atoms with Gasteiger partial charge in [-0.15, -0.1) is 0 Å². The van der Waals surface area contributed by atoms with Crippen molar-refractivity contribution in [3.63, 3.8) is 0 Å². The summed E-state index contributed by atoms with van der Waals surface area (Å²) in [7, 11) is 0. The number of halogens is 1. The fourth-order valence-electron chi connectivity index (χ4n) is 1.98. The molecule has 0 fully saturated rings. The first-order valence-corrected chi connectivity index (χ1v) is 5.89. The molecule has 0 saturated carbocycles. The number of carbonyl (C=O) groups excluding carboxylic acids is 1. The largest absolute Gasteiger partial charge is 0.327 e. The van der Waals surface area contributed by atoms with E-state index in [1.54, 1.807) is 17.3 Å². The van der Waals surface area contributed by atoms with Crippen LogP contribution >= 0.6 is 22.6 Å². The Balaban J connectivity index is 2.18. The zero-order valence-electron chi connectivity index (χ0n) is 7.72. The van der Waals surface area contributed by atoms with Crippen LogP contribution in [0.5, 0.6) is 0 Å².